The van der Waals surface area contributed by atoms with E-state index in [0.717, 1.165) is 11.6 Å². The van der Waals surface area contributed by atoms with E-state index >= 15 is 0 Å². The van der Waals surface area contributed by atoms with Gasteiger partial charge in [0, 0.05) is 7.05 Å². The van der Waals surface area contributed by atoms with Crippen LogP contribution in [-0.2, 0) is 6.54 Å². The van der Waals surface area contributed by atoms with Crippen molar-refractivity contribution in [3.05, 3.63) is 12.1 Å². The van der Waals surface area contributed by atoms with Crippen molar-refractivity contribution in [3.63, 3.8) is 0 Å². The molecule has 1 aromatic rings. The van der Waals surface area contributed by atoms with Gasteiger partial charge in [0.15, 0.2) is 6.39 Å². The molecule has 11 heavy (non-hydrogen) atoms. The zero-order valence-corrected chi connectivity index (χ0v) is 6.11. The minimum atomic E-state index is 0.601. The maximum Gasteiger partial charge on any atom is 0.240 e. The van der Waals surface area contributed by atoms with Gasteiger partial charge in [-0.1, -0.05) is 0 Å². The lowest BCUT2D eigenvalue weighted by Gasteiger charge is -2.17. The fourth-order valence-electron chi connectivity index (χ4n) is 0.988. The van der Waals surface area contributed by atoms with Crippen LogP contribution in [0.25, 0.3) is 0 Å². The Kier molecular flexibility index (Phi) is 1.36. The number of aromatic nitrogens is 1. The van der Waals surface area contributed by atoms with Crippen LogP contribution < -0.4 is 10.4 Å². The SMILES string of the molecule is CNN1C=NCc2ncoc21. The van der Waals surface area contributed by atoms with Gasteiger partial charge >= 0.3 is 0 Å². The van der Waals surface area contributed by atoms with E-state index in [0.29, 0.717) is 6.54 Å². The smallest absolute Gasteiger partial charge is 0.240 e. The maximum atomic E-state index is 5.12. The van der Waals surface area contributed by atoms with Gasteiger partial charge < -0.3 is 4.42 Å². The Hall–Kier alpha value is -1.36. The van der Waals surface area contributed by atoms with Gasteiger partial charge in [-0.3, -0.25) is 4.99 Å². The molecule has 0 spiro atoms. The first-order valence-electron chi connectivity index (χ1n) is 3.31. The average Bonchev–Trinajstić information content (AvgIpc) is 2.50. The Morgan fingerprint density at radius 2 is 2.64 bits per heavy atom. The fourth-order valence-corrected chi connectivity index (χ4v) is 0.988. The van der Waals surface area contributed by atoms with E-state index in [4.69, 9.17) is 4.42 Å². The second kappa shape index (κ2) is 2.35. The molecule has 0 fully saturated rings. The van der Waals surface area contributed by atoms with Crippen LogP contribution in [0.2, 0.25) is 0 Å². The molecule has 1 aromatic heterocycles. The van der Waals surface area contributed by atoms with Crippen LogP contribution in [0, 0.1) is 0 Å². The highest BCUT2D eigenvalue weighted by molar-refractivity contribution is 5.77. The number of nitrogens with one attached hydrogen (secondary N) is 1. The van der Waals surface area contributed by atoms with Gasteiger partial charge in [0.05, 0.1) is 6.54 Å². The highest BCUT2D eigenvalue weighted by atomic mass is 16.4. The Morgan fingerprint density at radius 1 is 1.73 bits per heavy atom. The Bertz CT molecular complexity index is 280. The number of fused-ring (bicyclic) bond motifs is 1. The average molecular weight is 152 g/mol. The number of hydrogen-bond acceptors (Lipinski definition) is 5. The van der Waals surface area contributed by atoms with Crippen molar-refractivity contribution >= 4 is 12.2 Å². The highest BCUT2D eigenvalue weighted by Crippen LogP contribution is 2.19. The molecule has 1 N–H and O–H groups in total. The molecule has 0 amide bonds. The lowest BCUT2D eigenvalue weighted by molar-refractivity contribution is 0.543. The van der Waals surface area contributed by atoms with Crippen molar-refractivity contribution in [2.24, 2.45) is 4.99 Å². The predicted octanol–water partition coefficient (Wildman–Crippen LogP) is 0.157. The number of hydrogen-bond donors (Lipinski definition) is 1. The van der Waals surface area contributed by atoms with Crippen LogP contribution >= 0.6 is 0 Å². The molecule has 0 radical (unpaired) electrons. The van der Waals surface area contributed by atoms with Gasteiger partial charge in [-0.2, -0.15) is 0 Å². The summed E-state index contributed by atoms with van der Waals surface area (Å²) in [6, 6.07) is 0. The Labute approximate surface area is 63.7 Å². The number of aliphatic imine (C=N–C) groups is 1. The lowest BCUT2D eigenvalue weighted by Crippen LogP contribution is -2.35. The van der Waals surface area contributed by atoms with Crippen molar-refractivity contribution in [2.75, 3.05) is 12.1 Å². The molecule has 0 bridgehead atoms. The van der Waals surface area contributed by atoms with Gasteiger partial charge in [-0.25, -0.2) is 15.4 Å². The lowest BCUT2D eigenvalue weighted by atomic mass is 10.4. The summed E-state index contributed by atoms with van der Waals surface area (Å²) in [6.07, 6.45) is 3.09. The van der Waals surface area contributed by atoms with Crippen LogP contribution in [0.4, 0.5) is 5.88 Å². The van der Waals surface area contributed by atoms with Gasteiger partial charge in [-0.15, -0.1) is 0 Å². The van der Waals surface area contributed by atoms with Gasteiger partial charge in [0.2, 0.25) is 5.88 Å². The summed E-state index contributed by atoms with van der Waals surface area (Å²) in [7, 11) is 1.80. The van der Waals surface area contributed by atoms with Crippen LogP contribution in [-0.4, -0.2) is 18.4 Å². The van der Waals surface area contributed by atoms with Gasteiger partial charge in [0.25, 0.3) is 0 Å². The topological polar surface area (TPSA) is 53.7 Å². The minimum absolute atomic E-state index is 0.601. The van der Waals surface area contributed by atoms with Crippen molar-refractivity contribution in [3.8, 4) is 0 Å². The van der Waals surface area contributed by atoms with Gasteiger partial charge in [0.1, 0.15) is 12.0 Å². The number of anilines is 1. The molecule has 5 heteroatoms. The predicted molar refractivity (Wildman–Crippen MR) is 40.2 cm³/mol. The van der Waals surface area contributed by atoms with Crippen molar-refractivity contribution in [2.45, 2.75) is 6.54 Å². The molecule has 1 aliphatic heterocycles. The normalized spacial score (nSPS) is 15.2. The van der Waals surface area contributed by atoms with E-state index in [2.05, 4.69) is 15.4 Å². The van der Waals surface area contributed by atoms with E-state index in [1.54, 1.807) is 18.4 Å². The van der Waals surface area contributed by atoms with Crippen molar-refractivity contribution in [1.82, 2.24) is 10.4 Å². The third kappa shape index (κ3) is 0.894. The summed E-state index contributed by atoms with van der Waals surface area (Å²) in [4.78, 5) is 8.05. The first-order chi connectivity index (χ1) is 5.42. The molecule has 0 aromatic carbocycles. The molecule has 0 unspecified atom stereocenters. The maximum absolute atomic E-state index is 5.12. The zero-order chi connectivity index (χ0) is 7.68. The molecular formula is C6H8N4O. The third-order valence-electron chi connectivity index (χ3n) is 1.52. The molecule has 0 saturated heterocycles. The highest BCUT2D eigenvalue weighted by Gasteiger charge is 2.16. The minimum Gasteiger partial charge on any atom is -0.426 e. The van der Waals surface area contributed by atoms with E-state index in [1.807, 2.05) is 0 Å². The summed E-state index contributed by atoms with van der Waals surface area (Å²) in [6.45, 7) is 0.601. The standard InChI is InChI=1S/C6H8N4O/c1-7-10-3-8-2-5-6(10)11-4-9-5/h3-4,7H,2H2,1H3. The van der Waals surface area contributed by atoms with Gasteiger partial charge in [-0.05, 0) is 0 Å². The quantitative estimate of drug-likeness (QED) is 0.622. The van der Waals surface area contributed by atoms with Crippen LogP contribution in [0.5, 0.6) is 0 Å². The molecule has 0 saturated carbocycles. The first kappa shape index (κ1) is 6.36. The number of hydrazine groups is 1. The molecule has 0 aliphatic carbocycles. The molecular weight excluding hydrogens is 144 g/mol. The van der Waals surface area contributed by atoms with Crippen LogP contribution in [0.15, 0.2) is 15.8 Å². The summed E-state index contributed by atoms with van der Waals surface area (Å²) in [5, 5.41) is 1.69. The molecule has 2 heterocycles. The van der Waals surface area contributed by atoms with Crippen LogP contribution in [0.3, 0.4) is 0 Å². The zero-order valence-electron chi connectivity index (χ0n) is 6.11. The largest absolute Gasteiger partial charge is 0.426 e. The first-order valence-corrected chi connectivity index (χ1v) is 3.31. The number of oxazole rings is 1. The van der Waals surface area contributed by atoms with E-state index in [-0.39, 0.29) is 0 Å². The van der Waals surface area contributed by atoms with E-state index in [1.165, 1.54) is 6.39 Å². The monoisotopic (exact) mass is 152 g/mol. The summed E-state index contributed by atoms with van der Waals surface area (Å²) >= 11 is 0. The number of nitrogens with zero attached hydrogens (tertiary/aromatic N) is 3. The fraction of sp³-hybridized carbons (Fsp3) is 0.333. The second-order valence-electron chi connectivity index (χ2n) is 2.15. The van der Waals surface area contributed by atoms with E-state index < -0.39 is 0 Å². The molecule has 0 atom stereocenters. The summed E-state index contributed by atoms with van der Waals surface area (Å²) < 4.78 is 5.12. The van der Waals surface area contributed by atoms with E-state index in [9.17, 15) is 0 Å². The molecule has 2 rings (SSSR count). The summed E-state index contributed by atoms with van der Waals surface area (Å²) in [5.74, 6) is 0.725. The molecule has 1 aliphatic rings. The Balaban J connectivity index is 2.38. The molecule has 58 valence electrons. The summed E-state index contributed by atoms with van der Waals surface area (Å²) in [5.41, 5.74) is 3.76. The number of rotatable bonds is 1. The Morgan fingerprint density at radius 3 is 3.45 bits per heavy atom. The second-order valence-corrected chi connectivity index (χ2v) is 2.15. The van der Waals surface area contributed by atoms with Crippen molar-refractivity contribution in [1.29, 1.82) is 0 Å². The van der Waals surface area contributed by atoms with Crippen LogP contribution in [0.1, 0.15) is 5.69 Å². The molecule has 5 nitrogen and oxygen atoms in total. The third-order valence-corrected chi connectivity index (χ3v) is 1.52. The van der Waals surface area contributed by atoms with Crippen molar-refractivity contribution < 1.29 is 4.42 Å².